The second kappa shape index (κ2) is 6.96. The van der Waals surface area contributed by atoms with E-state index in [1.54, 1.807) is 18.1 Å². The number of nitrogens with one attached hydrogen (secondary N) is 1. The average Bonchev–Trinajstić information content (AvgIpc) is 3.05. The first-order valence-electron chi connectivity index (χ1n) is 8.36. The number of carbonyl (C=O) groups is 3. The summed E-state index contributed by atoms with van der Waals surface area (Å²) in [6, 6.07) is 7.56. The molecule has 0 saturated carbocycles. The van der Waals surface area contributed by atoms with Crippen LogP contribution in [0, 0.1) is 5.92 Å². The first kappa shape index (κ1) is 17.0. The summed E-state index contributed by atoms with van der Waals surface area (Å²) < 4.78 is 0. The number of aromatic nitrogens is 1. The van der Waals surface area contributed by atoms with Crippen LogP contribution in [0.1, 0.15) is 23.2 Å². The monoisotopic (exact) mass is 342 g/mol. The molecule has 1 fully saturated rings. The molecular weight excluding hydrogens is 320 g/mol. The van der Waals surface area contributed by atoms with Crippen LogP contribution in [0.2, 0.25) is 0 Å². The number of rotatable bonds is 4. The van der Waals surface area contributed by atoms with Crippen molar-refractivity contribution in [2.45, 2.75) is 12.8 Å². The summed E-state index contributed by atoms with van der Waals surface area (Å²) in [5.41, 5.74) is 6.75. The highest BCUT2D eigenvalue weighted by Gasteiger charge is 2.27. The van der Waals surface area contributed by atoms with Crippen molar-refractivity contribution >= 4 is 28.6 Å². The van der Waals surface area contributed by atoms with Crippen LogP contribution in [0.15, 0.2) is 30.5 Å². The number of carbonyl (C=O) groups excluding carboxylic acids is 3. The van der Waals surface area contributed by atoms with Crippen molar-refractivity contribution in [1.82, 2.24) is 14.8 Å². The van der Waals surface area contributed by atoms with Gasteiger partial charge in [0.1, 0.15) is 0 Å². The molecule has 1 aromatic carbocycles. The number of nitrogens with zero attached hydrogens (tertiary/aromatic N) is 2. The Bertz CT molecular complexity index is 806. The van der Waals surface area contributed by atoms with Crippen LogP contribution in [0.3, 0.4) is 0 Å². The lowest BCUT2D eigenvalue weighted by atomic mass is 9.96. The van der Waals surface area contributed by atoms with Gasteiger partial charge in [0.2, 0.25) is 11.8 Å². The Labute approximate surface area is 145 Å². The molecule has 0 aliphatic carbocycles. The molecule has 0 radical (unpaired) electrons. The molecule has 2 aromatic rings. The van der Waals surface area contributed by atoms with E-state index in [1.165, 1.54) is 4.90 Å². The molecule has 0 atom stereocenters. The predicted octanol–water partition coefficient (Wildman–Crippen LogP) is 0.964. The molecule has 2 heterocycles. The highest BCUT2D eigenvalue weighted by molar-refractivity contribution is 6.07. The standard InChI is InChI=1S/C18H22N4O3/c1-21(11-16(23)22-8-6-12(7-9-22)17(19)24)18(25)14-10-20-15-5-3-2-4-13(14)15/h2-5,10,12,20H,6-9,11H2,1H3,(H2,19,24). The summed E-state index contributed by atoms with van der Waals surface area (Å²) in [4.78, 5) is 42.5. The number of hydrogen-bond donors (Lipinski definition) is 2. The first-order valence-corrected chi connectivity index (χ1v) is 8.36. The van der Waals surface area contributed by atoms with Gasteiger partial charge in [-0.3, -0.25) is 14.4 Å². The molecule has 25 heavy (non-hydrogen) atoms. The van der Waals surface area contributed by atoms with Crippen molar-refractivity contribution in [3.8, 4) is 0 Å². The predicted molar refractivity (Wildman–Crippen MR) is 93.8 cm³/mol. The van der Waals surface area contributed by atoms with Gasteiger partial charge in [-0.1, -0.05) is 18.2 Å². The molecule has 3 N–H and O–H groups in total. The first-order chi connectivity index (χ1) is 12.0. The van der Waals surface area contributed by atoms with Gasteiger partial charge in [-0.15, -0.1) is 0 Å². The molecule has 0 bridgehead atoms. The molecule has 1 aliphatic rings. The lowest BCUT2D eigenvalue weighted by molar-refractivity contribution is -0.135. The Hall–Kier alpha value is -2.83. The molecule has 3 rings (SSSR count). The second-order valence-electron chi connectivity index (χ2n) is 6.47. The number of piperidine rings is 1. The summed E-state index contributed by atoms with van der Waals surface area (Å²) >= 11 is 0. The van der Waals surface area contributed by atoms with Crippen molar-refractivity contribution in [2.24, 2.45) is 11.7 Å². The van der Waals surface area contributed by atoms with E-state index in [2.05, 4.69) is 4.98 Å². The zero-order valence-corrected chi connectivity index (χ0v) is 14.2. The Morgan fingerprint density at radius 1 is 1.24 bits per heavy atom. The maximum Gasteiger partial charge on any atom is 0.256 e. The number of H-pyrrole nitrogens is 1. The number of para-hydroxylation sites is 1. The number of amides is 3. The van der Waals surface area contributed by atoms with Crippen molar-refractivity contribution in [3.05, 3.63) is 36.0 Å². The smallest absolute Gasteiger partial charge is 0.256 e. The van der Waals surface area contributed by atoms with Crippen molar-refractivity contribution < 1.29 is 14.4 Å². The zero-order chi connectivity index (χ0) is 18.0. The van der Waals surface area contributed by atoms with Crippen LogP contribution in [-0.2, 0) is 9.59 Å². The fraction of sp³-hybridized carbons (Fsp3) is 0.389. The van der Waals surface area contributed by atoms with Crippen LogP contribution in [0.25, 0.3) is 10.9 Å². The highest BCUT2D eigenvalue weighted by Crippen LogP contribution is 2.20. The topological polar surface area (TPSA) is 99.5 Å². The normalized spacial score (nSPS) is 15.3. The van der Waals surface area contributed by atoms with Gasteiger partial charge in [-0.05, 0) is 18.9 Å². The summed E-state index contributed by atoms with van der Waals surface area (Å²) in [5.74, 6) is -0.773. The molecule has 132 valence electrons. The molecule has 1 saturated heterocycles. The Morgan fingerprint density at radius 2 is 1.92 bits per heavy atom. The maximum absolute atomic E-state index is 12.7. The molecule has 7 nitrogen and oxygen atoms in total. The van der Waals surface area contributed by atoms with E-state index in [0.29, 0.717) is 31.5 Å². The van der Waals surface area contributed by atoms with E-state index in [-0.39, 0.29) is 30.2 Å². The third kappa shape index (κ3) is 3.50. The van der Waals surface area contributed by atoms with Gasteiger partial charge in [0.05, 0.1) is 12.1 Å². The number of fused-ring (bicyclic) bond motifs is 1. The number of primary amides is 1. The third-order valence-electron chi connectivity index (χ3n) is 4.79. The molecule has 1 aliphatic heterocycles. The average molecular weight is 342 g/mol. The minimum atomic E-state index is -0.307. The zero-order valence-electron chi connectivity index (χ0n) is 14.2. The van der Waals surface area contributed by atoms with Crippen molar-refractivity contribution in [3.63, 3.8) is 0 Å². The summed E-state index contributed by atoms with van der Waals surface area (Å²) in [5, 5.41) is 0.842. The minimum Gasteiger partial charge on any atom is -0.369 e. The Morgan fingerprint density at radius 3 is 2.60 bits per heavy atom. The molecular formula is C18H22N4O3. The summed E-state index contributed by atoms with van der Waals surface area (Å²) in [7, 11) is 1.62. The van der Waals surface area contributed by atoms with Crippen molar-refractivity contribution in [2.75, 3.05) is 26.7 Å². The maximum atomic E-state index is 12.7. The lowest BCUT2D eigenvalue weighted by Gasteiger charge is -2.31. The summed E-state index contributed by atoms with van der Waals surface area (Å²) in [6.45, 7) is 1.02. The fourth-order valence-corrected chi connectivity index (χ4v) is 3.24. The van der Waals surface area contributed by atoms with Crippen LogP contribution < -0.4 is 5.73 Å². The lowest BCUT2D eigenvalue weighted by Crippen LogP contribution is -2.46. The second-order valence-corrected chi connectivity index (χ2v) is 6.47. The van der Waals surface area contributed by atoms with Crippen LogP contribution in [0.4, 0.5) is 0 Å². The molecule has 0 unspecified atom stereocenters. The van der Waals surface area contributed by atoms with E-state index in [4.69, 9.17) is 5.73 Å². The Balaban J connectivity index is 1.62. The third-order valence-corrected chi connectivity index (χ3v) is 4.79. The van der Waals surface area contributed by atoms with E-state index < -0.39 is 0 Å². The van der Waals surface area contributed by atoms with E-state index in [9.17, 15) is 14.4 Å². The van der Waals surface area contributed by atoms with Gasteiger partial charge >= 0.3 is 0 Å². The van der Waals surface area contributed by atoms with Gasteiger partial charge in [0.25, 0.3) is 5.91 Å². The fourth-order valence-electron chi connectivity index (χ4n) is 3.24. The van der Waals surface area contributed by atoms with E-state index in [1.807, 2.05) is 24.3 Å². The number of likely N-dealkylation sites (N-methyl/N-ethyl adjacent to an activating group) is 1. The van der Waals surface area contributed by atoms with Crippen LogP contribution in [0.5, 0.6) is 0 Å². The summed E-state index contributed by atoms with van der Waals surface area (Å²) in [6.07, 6.45) is 2.84. The van der Waals surface area contributed by atoms with Gasteiger partial charge in [-0.2, -0.15) is 0 Å². The van der Waals surface area contributed by atoms with Gasteiger partial charge in [0.15, 0.2) is 0 Å². The van der Waals surface area contributed by atoms with E-state index in [0.717, 1.165) is 10.9 Å². The number of benzene rings is 1. The molecule has 0 spiro atoms. The SMILES string of the molecule is CN(CC(=O)N1CCC(C(N)=O)CC1)C(=O)c1c[nH]c2ccccc12. The van der Waals surface area contributed by atoms with Gasteiger partial charge in [-0.25, -0.2) is 0 Å². The van der Waals surface area contributed by atoms with Crippen LogP contribution in [-0.4, -0.2) is 59.2 Å². The number of aromatic amines is 1. The molecule has 3 amide bonds. The Kier molecular flexibility index (Phi) is 4.74. The highest BCUT2D eigenvalue weighted by atomic mass is 16.2. The molecule has 1 aromatic heterocycles. The molecule has 7 heteroatoms. The number of nitrogens with two attached hydrogens (primary N) is 1. The quantitative estimate of drug-likeness (QED) is 0.866. The minimum absolute atomic E-state index is 0.0135. The number of likely N-dealkylation sites (tertiary alicyclic amines) is 1. The van der Waals surface area contributed by atoms with Crippen LogP contribution >= 0.6 is 0 Å². The number of hydrogen-bond acceptors (Lipinski definition) is 3. The van der Waals surface area contributed by atoms with Gasteiger partial charge in [0, 0.05) is 43.2 Å². The largest absolute Gasteiger partial charge is 0.369 e. The van der Waals surface area contributed by atoms with Crippen molar-refractivity contribution in [1.29, 1.82) is 0 Å². The van der Waals surface area contributed by atoms with Gasteiger partial charge < -0.3 is 20.5 Å². The van der Waals surface area contributed by atoms with E-state index >= 15 is 0 Å².